The molecule has 0 aromatic carbocycles. The lowest BCUT2D eigenvalue weighted by Crippen LogP contribution is -2.04. The Morgan fingerprint density at radius 2 is 2.53 bits per heavy atom. The van der Waals surface area contributed by atoms with Crippen molar-refractivity contribution in [3.63, 3.8) is 0 Å². The second kappa shape index (κ2) is 4.09. The van der Waals surface area contributed by atoms with Crippen LogP contribution in [-0.4, -0.2) is 33.0 Å². The van der Waals surface area contributed by atoms with Crippen molar-refractivity contribution in [1.29, 1.82) is 0 Å². The molecule has 0 saturated heterocycles. The SMILES string of the molecule is [2H]C([2H])([2H])n1nc(C2=CCOCC2)c2nc(Cl)ncc21. The highest BCUT2D eigenvalue weighted by Gasteiger charge is 2.16. The third-order valence-corrected chi connectivity index (χ3v) is 2.84. The number of hydrogen-bond acceptors (Lipinski definition) is 4. The van der Waals surface area contributed by atoms with Crippen molar-refractivity contribution in [1.82, 2.24) is 19.7 Å². The van der Waals surface area contributed by atoms with Gasteiger partial charge in [0.25, 0.3) is 0 Å². The Bertz CT molecular complexity index is 695. The van der Waals surface area contributed by atoms with Gasteiger partial charge in [0.2, 0.25) is 5.28 Å². The van der Waals surface area contributed by atoms with E-state index in [9.17, 15) is 0 Å². The first-order valence-electron chi connectivity index (χ1n) is 6.66. The maximum atomic E-state index is 7.54. The molecule has 0 aliphatic carbocycles. The minimum Gasteiger partial charge on any atom is -0.377 e. The Labute approximate surface area is 107 Å². The molecule has 0 unspecified atom stereocenters. The molecule has 0 fully saturated rings. The van der Waals surface area contributed by atoms with E-state index < -0.39 is 6.98 Å². The first-order chi connectivity index (χ1) is 9.47. The highest BCUT2D eigenvalue weighted by atomic mass is 35.5. The topological polar surface area (TPSA) is 52.8 Å². The molecule has 88 valence electrons. The van der Waals surface area contributed by atoms with Crippen LogP contribution in [0.15, 0.2) is 12.3 Å². The van der Waals surface area contributed by atoms with Gasteiger partial charge in [0, 0.05) is 11.1 Å². The molecule has 0 amide bonds. The van der Waals surface area contributed by atoms with Gasteiger partial charge in [-0.2, -0.15) is 5.10 Å². The number of fused-ring (bicyclic) bond motifs is 1. The average Bonchev–Trinajstić information content (AvgIpc) is 2.78. The van der Waals surface area contributed by atoms with Crippen molar-refractivity contribution < 1.29 is 8.85 Å². The Hall–Kier alpha value is -1.46. The molecule has 0 bridgehead atoms. The van der Waals surface area contributed by atoms with Crippen molar-refractivity contribution in [2.24, 2.45) is 6.98 Å². The maximum absolute atomic E-state index is 7.54. The number of hydrogen-bond donors (Lipinski definition) is 0. The summed E-state index contributed by atoms with van der Waals surface area (Å²) in [5, 5.41) is 4.26. The average molecular weight is 254 g/mol. The number of aromatic nitrogens is 4. The van der Waals surface area contributed by atoms with Crippen LogP contribution < -0.4 is 0 Å². The Kier molecular flexibility index (Phi) is 1.87. The summed E-state index contributed by atoms with van der Waals surface area (Å²) in [6.07, 6.45) is 3.92. The fourth-order valence-electron chi connectivity index (χ4n) is 1.84. The van der Waals surface area contributed by atoms with Crippen LogP contribution >= 0.6 is 11.6 Å². The van der Waals surface area contributed by atoms with Crippen LogP contribution in [0.1, 0.15) is 16.2 Å². The lowest BCUT2D eigenvalue weighted by atomic mass is 10.1. The van der Waals surface area contributed by atoms with Gasteiger partial charge in [-0.25, -0.2) is 9.97 Å². The molecule has 6 heteroatoms. The summed E-state index contributed by atoms with van der Waals surface area (Å²) in [6, 6.07) is 0. The van der Waals surface area contributed by atoms with Crippen molar-refractivity contribution >= 4 is 28.2 Å². The van der Waals surface area contributed by atoms with E-state index in [4.69, 9.17) is 20.5 Å². The van der Waals surface area contributed by atoms with Gasteiger partial charge in [-0.1, -0.05) is 6.08 Å². The van der Waals surface area contributed by atoms with E-state index in [1.807, 2.05) is 6.08 Å². The quantitative estimate of drug-likeness (QED) is 0.728. The molecule has 2 aromatic heterocycles. The monoisotopic (exact) mass is 253 g/mol. The van der Waals surface area contributed by atoms with E-state index in [1.165, 1.54) is 6.20 Å². The van der Waals surface area contributed by atoms with Gasteiger partial charge in [0.05, 0.1) is 19.4 Å². The maximum Gasteiger partial charge on any atom is 0.223 e. The number of ether oxygens (including phenoxy) is 1. The van der Waals surface area contributed by atoms with Crippen LogP contribution in [0.4, 0.5) is 0 Å². The number of rotatable bonds is 1. The molecule has 3 rings (SSSR count). The summed E-state index contributed by atoms with van der Waals surface area (Å²) in [6.45, 7) is -1.33. The first kappa shape index (κ1) is 7.79. The molecule has 0 radical (unpaired) electrons. The van der Waals surface area contributed by atoms with Crippen LogP contribution in [0.25, 0.3) is 16.6 Å². The van der Waals surface area contributed by atoms with Crippen LogP contribution in [0.3, 0.4) is 0 Å². The Morgan fingerprint density at radius 1 is 1.59 bits per heavy atom. The number of halogens is 1. The Morgan fingerprint density at radius 3 is 3.29 bits per heavy atom. The molecule has 0 saturated carbocycles. The summed E-state index contributed by atoms with van der Waals surface area (Å²) in [7, 11) is 0. The third-order valence-electron chi connectivity index (χ3n) is 2.66. The lowest BCUT2D eigenvalue weighted by molar-refractivity contribution is 0.161. The molecule has 2 aromatic rings. The lowest BCUT2D eigenvalue weighted by Gasteiger charge is -2.11. The minimum absolute atomic E-state index is 0.0662. The van der Waals surface area contributed by atoms with Crippen LogP contribution in [0.2, 0.25) is 5.28 Å². The fraction of sp³-hybridized carbons (Fsp3) is 0.364. The van der Waals surface area contributed by atoms with E-state index in [0.29, 0.717) is 36.4 Å². The van der Waals surface area contributed by atoms with Crippen molar-refractivity contribution in [3.8, 4) is 0 Å². The van der Waals surface area contributed by atoms with E-state index in [0.717, 1.165) is 10.3 Å². The van der Waals surface area contributed by atoms with Crippen LogP contribution in [-0.2, 0) is 11.7 Å². The highest BCUT2D eigenvalue weighted by Crippen LogP contribution is 2.26. The summed E-state index contributed by atoms with van der Waals surface area (Å²) < 4.78 is 28.8. The second-order valence-corrected chi connectivity index (χ2v) is 4.03. The van der Waals surface area contributed by atoms with Gasteiger partial charge in [-0.3, -0.25) is 4.68 Å². The second-order valence-electron chi connectivity index (χ2n) is 3.69. The summed E-state index contributed by atoms with van der Waals surface area (Å²) in [5.74, 6) is 0. The molecule has 0 N–H and O–H groups in total. The molecule has 5 nitrogen and oxygen atoms in total. The highest BCUT2D eigenvalue weighted by molar-refractivity contribution is 6.28. The molecular formula is C11H11ClN4O. The molecule has 3 heterocycles. The van der Waals surface area contributed by atoms with Crippen LogP contribution in [0.5, 0.6) is 0 Å². The first-order valence-corrected chi connectivity index (χ1v) is 5.53. The summed E-state index contributed by atoms with van der Waals surface area (Å²) >= 11 is 5.81. The summed E-state index contributed by atoms with van der Waals surface area (Å²) in [4.78, 5) is 7.96. The van der Waals surface area contributed by atoms with Crippen LogP contribution in [0, 0.1) is 0 Å². The van der Waals surface area contributed by atoms with E-state index in [-0.39, 0.29) is 5.28 Å². The zero-order valence-corrected chi connectivity index (χ0v) is 9.61. The van der Waals surface area contributed by atoms with Crippen molar-refractivity contribution in [2.45, 2.75) is 6.42 Å². The van der Waals surface area contributed by atoms with Crippen molar-refractivity contribution in [3.05, 3.63) is 23.3 Å². The van der Waals surface area contributed by atoms with E-state index >= 15 is 0 Å². The number of nitrogens with zero attached hydrogens (tertiary/aromatic N) is 4. The minimum atomic E-state index is -2.39. The van der Waals surface area contributed by atoms with E-state index in [2.05, 4.69) is 15.1 Å². The van der Waals surface area contributed by atoms with Gasteiger partial charge in [-0.15, -0.1) is 0 Å². The van der Waals surface area contributed by atoms with E-state index in [1.54, 1.807) is 0 Å². The van der Waals surface area contributed by atoms with Gasteiger partial charge >= 0.3 is 0 Å². The normalized spacial score (nSPS) is 19.6. The zero-order chi connectivity index (χ0) is 14.3. The third kappa shape index (κ3) is 1.81. The summed E-state index contributed by atoms with van der Waals surface area (Å²) in [5.41, 5.74) is 2.24. The van der Waals surface area contributed by atoms with Gasteiger partial charge < -0.3 is 4.74 Å². The van der Waals surface area contributed by atoms with Gasteiger partial charge in [-0.05, 0) is 23.6 Å². The largest absolute Gasteiger partial charge is 0.377 e. The molecule has 17 heavy (non-hydrogen) atoms. The van der Waals surface area contributed by atoms with Gasteiger partial charge in [0.1, 0.15) is 16.7 Å². The molecule has 1 aliphatic rings. The molecule has 1 aliphatic heterocycles. The molecule has 0 atom stereocenters. The number of aryl methyl sites for hydroxylation is 1. The molecular weight excluding hydrogens is 240 g/mol. The predicted molar refractivity (Wildman–Crippen MR) is 64.7 cm³/mol. The zero-order valence-electron chi connectivity index (χ0n) is 11.9. The smallest absolute Gasteiger partial charge is 0.223 e. The molecule has 0 spiro atoms. The van der Waals surface area contributed by atoms with Crippen molar-refractivity contribution in [2.75, 3.05) is 13.2 Å². The standard InChI is InChI=1S/C11H11ClN4O/c1-16-8-6-13-11(12)14-10(8)9(15-16)7-2-4-17-5-3-7/h2,6H,3-5H2,1H3/i1D3. The predicted octanol–water partition coefficient (Wildman–Crippen LogP) is 1.82. The fourth-order valence-corrected chi connectivity index (χ4v) is 1.98. The van der Waals surface area contributed by atoms with Gasteiger partial charge in [0.15, 0.2) is 0 Å². The Balaban J connectivity index is 2.26.